The van der Waals surface area contributed by atoms with Crippen molar-refractivity contribution in [2.75, 3.05) is 5.75 Å². The summed E-state index contributed by atoms with van der Waals surface area (Å²) >= 11 is 0.984. The molecule has 1 aliphatic rings. The lowest BCUT2D eigenvalue weighted by molar-refractivity contribution is -0.118. The largest absolute Gasteiger partial charge is 0.510 e. The molecule has 3 nitrogen and oxygen atoms in total. The number of hydrogen-bond acceptors (Lipinski definition) is 4. The van der Waals surface area contributed by atoms with Gasteiger partial charge in [-0.05, 0) is 6.42 Å². The Hall–Kier alpha value is -0.770. The number of aliphatic hydroxyl groups excluding tert-OH is 1. The highest BCUT2D eigenvalue weighted by atomic mass is 32.2. The van der Waals surface area contributed by atoms with Crippen LogP contribution in [0.2, 0.25) is 0 Å². The van der Waals surface area contributed by atoms with Crippen LogP contribution in [0.1, 0.15) is 19.8 Å². The zero-order valence-corrected chi connectivity index (χ0v) is 7.61. The zero-order chi connectivity index (χ0) is 9.14. The Morgan fingerprint density at radius 3 is 2.75 bits per heavy atom. The molecule has 0 radical (unpaired) electrons. The van der Waals surface area contributed by atoms with E-state index in [-0.39, 0.29) is 28.0 Å². The second kappa shape index (κ2) is 3.76. The molecule has 0 unspecified atom stereocenters. The van der Waals surface area contributed by atoms with Gasteiger partial charge in [-0.1, -0.05) is 18.7 Å². The average Bonchev–Trinajstić information content (AvgIpc) is 2.32. The van der Waals surface area contributed by atoms with Gasteiger partial charge in [-0.3, -0.25) is 9.59 Å². The van der Waals surface area contributed by atoms with Gasteiger partial charge in [-0.2, -0.15) is 0 Å². The molecule has 0 bridgehead atoms. The van der Waals surface area contributed by atoms with Gasteiger partial charge in [0.2, 0.25) is 5.12 Å². The minimum absolute atomic E-state index is 0.0156. The molecular weight excluding hydrogens is 176 g/mol. The molecule has 0 atom stereocenters. The second-order valence-corrected chi connectivity index (χ2v) is 3.52. The molecule has 0 fully saturated rings. The standard InChI is InChI=1S/C8H10O3S/c1-2-3-5(9)7-6(10)4-12-8(7)11/h10H,2-4H2,1H3. The van der Waals surface area contributed by atoms with Crippen LogP contribution in [-0.2, 0) is 9.59 Å². The molecule has 0 spiro atoms. The fourth-order valence-electron chi connectivity index (χ4n) is 1.02. The van der Waals surface area contributed by atoms with Crippen molar-refractivity contribution >= 4 is 22.7 Å². The Morgan fingerprint density at radius 1 is 1.67 bits per heavy atom. The number of thioether (sulfide) groups is 1. The maximum atomic E-state index is 11.2. The van der Waals surface area contributed by atoms with Crippen molar-refractivity contribution in [3.05, 3.63) is 11.3 Å². The second-order valence-electron chi connectivity index (χ2n) is 2.57. The van der Waals surface area contributed by atoms with E-state index in [1.165, 1.54) is 0 Å². The molecular formula is C8H10O3S. The molecule has 0 aromatic rings. The lowest BCUT2D eigenvalue weighted by Gasteiger charge is -1.96. The first kappa shape index (κ1) is 9.32. The van der Waals surface area contributed by atoms with Crippen LogP contribution in [0.15, 0.2) is 11.3 Å². The third kappa shape index (κ3) is 1.69. The third-order valence-electron chi connectivity index (χ3n) is 1.59. The van der Waals surface area contributed by atoms with Gasteiger partial charge in [0.1, 0.15) is 11.3 Å². The number of Topliss-reactive ketones (excluding diaryl/α,β-unsaturated/α-hetero) is 1. The van der Waals surface area contributed by atoms with E-state index in [2.05, 4.69) is 0 Å². The maximum absolute atomic E-state index is 11.2. The van der Waals surface area contributed by atoms with E-state index in [4.69, 9.17) is 0 Å². The van der Waals surface area contributed by atoms with Gasteiger partial charge in [0.15, 0.2) is 5.78 Å². The van der Waals surface area contributed by atoms with Gasteiger partial charge in [0.25, 0.3) is 0 Å². The Morgan fingerprint density at radius 2 is 2.33 bits per heavy atom. The van der Waals surface area contributed by atoms with Crippen molar-refractivity contribution in [3.63, 3.8) is 0 Å². The van der Waals surface area contributed by atoms with Crippen molar-refractivity contribution in [2.24, 2.45) is 0 Å². The number of hydrogen-bond donors (Lipinski definition) is 1. The van der Waals surface area contributed by atoms with E-state index in [0.717, 1.165) is 11.8 Å². The highest BCUT2D eigenvalue weighted by Crippen LogP contribution is 2.26. The van der Waals surface area contributed by atoms with Crippen LogP contribution in [0.4, 0.5) is 0 Å². The van der Waals surface area contributed by atoms with Crippen LogP contribution in [0.25, 0.3) is 0 Å². The van der Waals surface area contributed by atoms with E-state index >= 15 is 0 Å². The topological polar surface area (TPSA) is 54.4 Å². The van der Waals surface area contributed by atoms with E-state index in [1.54, 1.807) is 0 Å². The van der Waals surface area contributed by atoms with Gasteiger partial charge in [-0.15, -0.1) is 0 Å². The molecule has 4 heteroatoms. The summed E-state index contributed by atoms with van der Waals surface area (Å²) in [6, 6.07) is 0. The van der Waals surface area contributed by atoms with Crippen LogP contribution in [0.5, 0.6) is 0 Å². The van der Waals surface area contributed by atoms with E-state index in [9.17, 15) is 14.7 Å². The maximum Gasteiger partial charge on any atom is 0.226 e. The van der Waals surface area contributed by atoms with Crippen LogP contribution in [0.3, 0.4) is 0 Å². The first-order valence-electron chi connectivity index (χ1n) is 3.79. The van der Waals surface area contributed by atoms with Crippen LogP contribution < -0.4 is 0 Å². The van der Waals surface area contributed by atoms with Crippen molar-refractivity contribution in [3.8, 4) is 0 Å². The van der Waals surface area contributed by atoms with Gasteiger partial charge in [-0.25, -0.2) is 0 Å². The summed E-state index contributed by atoms with van der Waals surface area (Å²) in [5, 5.41) is 8.89. The van der Waals surface area contributed by atoms with Gasteiger partial charge < -0.3 is 5.11 Å². The van der Waals surface area contributed by atoms with Crippen LogP contribution in [0, 0.1) is 0 Å². The van der Waals surface area contributed by atoms with Crippen LogP contribution in [-0.4, -0.2) is 21.8 Å². The summed E-state index contributed by atoms with van der Waals surface area (Å²) in [7, 11) is 0. The average molecular weight is 186 g/mol. The monoisotopic (exact) mass is 186 g/mol. The van der Waals surface area contributed by atoms with Crippen molar-refractivity contribution in [1.82, 2.24) is 0 Å². The molecule has 0 amide bonds. The van der Waals surface area contributed by atoms with Gasteiger partial charge >= 0.3 is 0 Å². The summed E-state index contributed by atoms with van der Waals surface area (Å²) in [5.41, 5.74) is 0.0156. The molecule has 1 rings (SSSR count). The Kier molecular flexibility index (Phi) is 2.92. The highest BCUT2D eigenvalue weighted by Gasteiger charge is 2.28. The fraction of sp³-hybridized carbons (Fsp3) is 0.500. The summed E-state index contributed by atoms with van der Waals surface area (Å²) in [6.45, 7) is 1.86. The fourth-order valence-corrected chi connectivity index (χ4v) is 1.81. The van der Waals surface area contributed by atoms with E-state index in [1.807, 2.05) is 6.92 Å². The number of aliphatic hydroxyl groups is 1. The van der Waals surface area contributed by atoms with Crippen molar-refractivity contribution < 1.29 is 14.7 Å². The first-order chi connectivity index (χ1) is 5.66. The Balaban J connectivity index is 2.79. The van der Waals surface area contributed by atoms with Crippen molar-refractivity contribution in [2.45, 2.75) is 19.8 Å². The van der Waals surface area contributed by atoms with E-state index in [0.29, 0.717) is 12.8 Å². The number of carbonyl (C=O) groups is 2. The first-order valence-corrected chi connectivity index (χ1v) is 4.77. The lowest BCUT2D eigenvalue weighted by atomic mass is 10.1. The number of rotatable bonds is 3. The molecule has 0 aliphatic carbocycles. The smallest absolute Gasteiger partial charge is 0.226 e. The molecule has 0 saturated heterocycles. The SMILES string of the molecule is CCCC(=O)C1=C(O)CSC1=O. The summed E-state index contributed by atoms with van der Waals surface area (Å²) in [6.07, 6.45) is 1.04. The molecule has 66 valence electrons. The van der Waals surface area contributed by atoms with Gasteiger partial charge in [0.05, 0.1) is 5.75 Å². The predicted octanol–water partition coefficient (Wildman–Crippen LogP) is 1.44. The van der Waals surface area contributed by atoms with E-state index < -0.39 is 0 Å². The third-order valence-corrected chi connectivity index (χ3v) is 2.47. The predicted molar refractivity (Wildman–Crippen MR) is 47.0 cm³/mol. The van der Waals surface area contributed by atoms with Crippen molar-refractivity contribution in [1.29, 1.82) is 0 Å². The minimum Gasteiger partial charge on any atom is -0.510 e. The number of carbonyl (C=O) groups excluding carboxylic acids is 2. The molecule has 12 heavy (non-hydrogen) atoms. The highest BCUT2D eigenvalue weighted by molar-refractivity contribution is 8.14. The zero-order valence-electron chi connectivity index (χ0n) is 6.79. The molecule has 1 N–H and O–H groups in total. The molecule has 0 aromatic heterocycles. The molecule has 1 aliphatic heterocycles. The minimum atomic E-state index is -0.286. The Labute approximate surface area is 74.8 Å². The summed E-state index contributed by atoms with van der Waals surface area (Å²) in [5.74, 6) is -0.0303. The molecule has 0 saturated carbocycles. The summed E-state index contributed by atoms with van der Waals surface area (Å²) in [4.78, 5) is 22.2. The van der Waals surface area contributed by atoms with Crippen LogP contribution >= 0.6 is 11.8 Å². The molecule has 1 heterocycles. The Bertz CT molecular complexity index is 255. The normalized spacial score (nSPS) is 17.2. The molecule has 0 aromatic carbocycles. The van der Waals surface area contributed by atoms with Gasteiger partial charge in [0, 0.05) is 6.42 Å². The lowest BCUT2D eigenvalue weighted by Crippen LogP contribution is -2.08. The number of ketones is 1. The quantitative estimate of drug-likeness (QED) is 0.677. The summed E-state index contributed by atoms with van der Waals surface area (Å²) < 4.78 is 0.